The second-order valence-corrected chi connectivity index (χ2v) is 4.23. The van der Waals surface area contributed by atoms with Gasteiger partial charge in [0.25, 0.3) is 0 Å². The molecule has 4 heteroatoms. The Balaban J connectivity index is 1.85. The fourth-order valence-corrected chi connectivity index (χ4v) is 1.74. The van der Waals surface area contributed by atoms with Crippen LogP contribution in [0.25, 0.3) is 0 Å². The monoisotopic (exact) mass is 257 g/mol. The number of aromatic carboxylic acids is 1. The molecule has 0 saturated carbocycles. The van der Waals surface area contributed by atoms with Gasteiger partial charge in [-0.3, -0.25) is 0 Å². The van der Waals surface area contributed by atoms with Crippen LogP contribution in [0.3, 0.4) is 0 Å². The van der Waals surface area contributed by atoms with E-state index in [-0.39, 0.29) is 11.3 Å². The van der Waals surface area contributed by atoms with E-state index in [0.717, 1.165) is 24.2 Å². The molecule has 0 spiro atoms. The summed E-state index contributed by atoms with van der Waals surface area (Å²) in [5.74, 6) is -0.656. The van der Waals surface area contributed by atoms with Gasteiger partial charge in [0.2, 0.25) is 0 Å². The number of carboxylic acid groups (broad SMARTS) is 1. The van der Waals surface area contributed by atoms with E-state index in [1.54, 1.807) is 36.4 Å². The molecular weight excluding hydrogens is 242 g/mol. The predicted octanol–water partition coefficient (Wildman–Crippen LogP) is 2.75. The van der Waals surface area contributed by atoms with Gasteiger partial charge in [0, 0.05) is 12.2 Å². The zero-order valence-corrected chi connectivity index (χ0v) is 10.3. The number of nitrogens with one attached hydrogen (secondary N) is 1. The van der Waals surface area contributed by atoms with Gasteiger partial charge in [0.05, 0.1) is 5.56 Å². The Bertz CT molecular complexity index is 547. The Morgan fingerprint density at radius 3 is 2.21 bits per heavy atom. The summed E-state index contributed by atoms with van der Waals surface area (Å²) in [7, 11) is 0. The number of carboxylic acids is 1. The number of anilines is 1. The molecule has 98 valence electrons. The van der Waals surface area contributed by atoms with E-state index in [1.807, 2.05) is 12.1 Å². The minimum atomic E-state index is -0.921. The van der Waals surface area contributed by atoms with Crippen molar-refractivity contribution < 1.29 is 15.0 Å². The van der Waals surface area contributed by atoms with Gasteiger partial charge < -0.3 is 15.5 Å². The first-order valence-corrected chi connectivity index (χ1v) is 6.00. The molecule has 0 aromatic heterocycles. The highest BCUT2D eigenvalue weighted by Gasteiger charge is 2.01. The van der Waals surface area contributed by atoms with E-state index in [0.29, 0.717) is 0 Å². The van der Waals surface area contributed by atoms with Gasteiger partial charge in [-0.15, -0.1) is 0 Å². The minimum absolute atomic E-state index is 0.265. The van der Waals surface area contributed by atoms with E-state index in [2.05, 4.69) is 5.32 Å². The number of hydrogen-bond acceptors (Lipinski definition) is 3. The van der Waals surface area contributed by atoms with Crippen molar-refractivity contribution in [3.8, 4) is 5.75 Å². The molecule has 0 aliphatic heterocycles. The third-order valence-corrected chi connectivity index (χ3v) is 2.81. The van der Waals surface area contributed by atoms with Gasteiger partial charge in [-0.1, -0.05) is 12.1 Å². The molecule has 0 aliphatic carbocycles. The normalized spacial score (nSPS) is 10.1. The summed E-state index contributed by atoms with van der Waals surface area (Å²) in [5, 5.41) is 21.2. The Hall–Kier alpha value is -2.49. The first-order valence-electron chi connectivity index (χ1n) is 6.00. The van der Waals surface area contributed by atoms with Crippen LogP contribution in [0.15, 0.2) is 48.5 Å². The molecule has 0 aliphatic rings. The van der Waals surface area contributed by atoms with Gasteiger partial charge in [-0.25, -0.2) is 4.79 Å². The lowest BCUT2D eigenvalue weighted by atomic mass is 10.1. The van der Waals surface area contributed by atoms with Gasteiger partial charge in [-0.2, -0.15) is 0 Å². The summed E-state index contributed by atoms with van der Waals surface area (Å²) in [4.78, 5) is 10.7. The highest BCUT2D eigenvalue weighted by Crippen LogP contribution is 2.12. The molecule has 4 nitrogen and oxygen atoms in total. The maximum Gasteiger partial charge on any atom is 0.335 e. The summed E-state index contributed by atoms with van der Waals surface area (Å²) >= 11 is 0. The lowest BCUT2D eigenvalue weighted by Crippen LogP contribution is -2.05. The van der Waals surface area contributed by atoms with E-state index < -0.39 is 5.97 Å². The first-order chi connectivity index (χ1) is 9.15. The summed E-state index contributed by atoms with van der Waals surface area (Å²) in [6.07, 6.45) is 0.834. The average molecular weight is 257 g/mol. The molecule has 19 heavy (non-hydrogen) atoms. The molecule has 0 saturated heterocycles. The third-order valence-electron chi connectivity index (χ3n) is 2.81. The average Bonchev–Trinajstić information content (AvgIpc) is 2.41. The van der Waals surface area contributed by atoms with Gasteiger partial charge >= 0.3 is 5.97 Å². The smallest absolute Gasteiger partial charge is 0.335 e. The highest BCUT2D eigenvalue weighted by atomic mass is 16.4. The molecule has 0 unspecified atom stereocenters. The molecule has 0 amide bonds. The van der Waals surface area contributed by atoms with Crippen LogP contribution in [0.2, 0.25) is 0 Å². The van der Waals surface area contributed by atoms with Gasteiger partial charge in [-0.05, 0) is 48.4 Å². The van der Waals surface area contributed by atoms with Crippen molar-refractivity contribution in [3.05, 3.63) is 59.7 Å². The molecule has 0 radical (unpaired) electrons. The lowest BCUT2D eigenvalue weighted by Gasteiger charge is -2.07. The van der Waals surface area contributed by atoms with Crippen molar-refractivity contribution in [2.45, 2.75) is 6.42 Å². The maximum absolute atomic E-state index is 10.7. The minimum Gasteiger partial charge on any atom is -0.508 e. The molecular formula is C15H15NO3. The van der Waals surface area contributed by atoms with Gasteiger partial charge in [0.1, 0.15) is 5.75 Å². The molecule has 0 heterocycles. The quantitative estimate of drug-likeness (QED) is 0.770. The van der Waals surface area contributed by atoms with Crippen molar-refractivity contribution >= 4 is 11.7 Å². The molecule has 0 atom stereocenters. The fraction of sp³-hybridized carbons (Fsp3) is 0.133. The van der Waals surface area contributed by atoms with Crippen molar-refractivity contribution in [1.82, 2.24) is 0 Å². The van der Waals surface area contributed by atoms with Crippen LogP contribution < -0.4 is 5.32 Å². The van der Waals surface area contributed by atoms with Crippen LogP contribution in [0, 0.1) is 0 Å². The molecule has 3 N–H and O–H groups in total. The molecule has 2 aromatic carbocycles. The standard InChI is InChI=1S/C15H15NO3/c17-14-7-1-11(2-8-14)9-10-16-13-5-3-12(4-6-13)15(18)19/h1-8,16-17H,9-10H2,(H,18,19). The van der Waals surface area contributed by atoms with Crippen LogP contribution in [0.4, 0.5) is 5.69 Å². The Kier molecular flexibility index (Phi) is 4.03. The number of aromatic hydroxyl groups is 1. The summed E-state index contributed by atoms with van der Waals surface area (Å²) < 4.78 is 0. The summed E-state index contributed by atoms with van der Waals surface area (Å²) in [5.41, 5.74) is 2.31. The van der Waals surface area contributed by atoms with Crippen LogP contribution >= 0.6 is 0 Å². The van der Waals surface area contributed by atoms with E-state index in [1.165, 1.54) is 0 Å². The van der Waals surface area contributed by atoms with Crippen molar-refractivity contribution in [1.29, 1.82) is 0 Å². The molecule has 2 rings (SSSR count). The first kappa shape index (κ1) is 13.0. The number of phenols is 1. The number of benzene rings is 2. The summed E-state index contributed by atoms with van der Waals surface area (Å²) in [6.45, 7) is 0.747. The zero-order valence-electron chi connectivity index (χ0n) is 10.3. The number of rotatable bonds is 5. The van der Waals surface area contributed by atoms with Gasteiger partial charge in [0.15, 0.2) is 0 Å². The topological polar surface area (TPSA) is 69.6 Å². The summed E-state index contributed by atoms with van der Waals surface area (Å²) in [6, 6.07) is 13.7. The van der Waals surface area contributed by atoms with Crippen molar-refractivity contribution in [3.63, 3.8) is 0 Å². The molecule has 0 fully saturated rings. The van der Waals surface area contributed by atoms with Crippen molar-refractivity contribution in [2.75, 3.05) is 11.9 Å². The number of carbonyl (C=O) groups is 1. The Labute approximate surface area is 111 Å². The molecule has 2 aromatic rings. The number of phenolic OH excluding ortho intramolecular Hbond substituents is 1. The van der Waals surface area contributed by atoms with Crippen LogP contribution in [0.5, 0.6) is 5.75 Å². The SMILES string of the molecule is O=C(O)c1ccc(NCCc2ccc(O)cc2)cc1. The van der Waals surface area contributed by atoms with E-state index in [9.17, 15) is 4.79 Å². The van der Waals surface area contributed by atoms with Crippen molar-refractivity contribution in [2.24, 2.45) is 0 Å². The second kappa shape index (κ2) is 5.91. The van der Waals surface area contributed by atoms with E-state index in [4.69, 9.17) is 10.2 Å². The van der Waals surface area contributed by atoms with Crippen LogP contribution in [-0.2, 0) is 6.42 Å². The number of hydrogen-bond donors (Lipinski definition) is 3. The second-order valence-electron chi connectivity index (χ2n) is 4.23. The Morgan fingerprint density at radius 1 is 1.00 bits per heavy atom. The lowest BCUT2D eigenvalue weighted by molar-refractivity contribution is 0.0697. The Morgan fingerprint density at radius 2 is 1.63 bits per heavy atom. The zero-order chi connectivity index (χ0) is 13.7. The van der Waals surface area contributed by atoms with Crippen LogP contribution in [0.1, 0.15) is 15.9 Å². The maximum atomic E-state index is 10.7. The highest BCUT2D eigenvalue weighted by molar-refractivity contribution is 5.87. The molecule has 0 bridgehead atoms. The third kappa shape index (κ3) is 3.74. The largest absolute Gasteiger partial charge is 0.508 e. The fourth-order valence-electron chi connectivity index (χ4n) is 1.74. The van der Waals surface area contributed by atoms with Crippen LogP contribution in [-0.4, -0.2) is 22.7 Å². The predicted molar refractivity (Wildman–Crippen MR) is 73.7 cm³/mol. The van der Waals surface area contributed by atoms with E-state index >= 15 is 0 Å².